The fourth-order valence-corrected chi connectivity index (χ4v) is 1.07. The Labute approximate surface area is 108 Å². The Morgan fingerprint density at radius 3 is 2.39 bits per heavy atom. The van der Waals surface area contributed by atoms with Gasteiger partial charge in [-0.2, -0.15) is 0 Å². The molecule has 18 heavy (non-hydrogen) atoms. The van der Waals surface area contributed by atoms with Crippen LogP contribution >= 0.6 is 0 Å². The Balaban J connectivity index is 3.74. The van der Waals surface area contributed by atoms with E-state index in [1.165, 1.54) is 0 Å². The van der Waals surface area contributed by atoms with Crippen molar-refractivity contribution in [3.05, 3.63) is 0 Å². The maximum Gasteiger partial charge on any atom is 0.407 e. The molecule has 0 spiro atoms. The van der Waals surface area contributed by atoms with Crippen LogP contribution in [0.5, 0.6) is 0 Å². The molecule has 0 unspecified atom stereocenters. The van der Waals surface area contributed by atoms with Gasteiger partial charge in [0.15, 0.2) is 0 Å². The van der Waals surface area contributed by atoms with Gasteiger partial charge in [0, 0.05) is 0 Å². The van der Waals surface area contributed by atoms with Crippen molar-refractivity contribution >= 4 is 12.1 Å². The van der Waals surface area contributed by atoms with Crippen molar-refractivity contribution in [2.75, 3.05) is 19.8 Å². The fourth-order valence-electron chi connectivity index (χ4n) is 1.07. The zero-order chi connectivity index (χ0) is 14.2. The third-order valence-electron chi connectivity index (χ3n) is 1.66. The average Bonchev–Trinajstić information content (AvgIpc) is 2.14. The van der Waals surface area contributed by atoms with Crippen LogP contribution in [0.15, 0.2) is 0 Å². The summed E-state index contributed by atoms with van der Waals surface area (Å²) < 4.78 is 14.9. The van der Waals surface area contributed by atoms with Gasteiger partial charge in [-0.3, -0.25) is 0 Å². The molecular weight excluding hydrogens is 238 g/mol. The van der Waals surface area contributed by atoms with E-state index in [0.717, 1.165) is 0 Å². The Kier molecular flexibility index (Phi) is 7.35. The summed E-state index contributed by atoms with van der Waals surface area (Å²) in [5.41, 5.74) is -0.532. The number of carbonyl (C=O) groups is 2. The number of rotatable bonds is 6. The molecule has 0 aliphatic heterocycles. The molecular formula is C12H23NO5. The molecule has 1 amide bonds. The van der Waals surface area contributed by atoms with Crippen LogP contribution in [0, 0.1) is 0 Å². The second kappa shape index (κ2) is 7.92. The van der Waals surface area contributed by atoms with Crippen LogP contribution in [0.2, 0.25) is 0 Å². The zero-order valence-electron chi connectivity index (χ0n) is 11.7. The van der Waals surface area contributed by atoms with Gasteiger partial charge in [0.05, 0.1) is 19.3 Å². The molecule has 0 aromatic carbocycles. The van der Waals surface area contributed by atoms with Crippen molar-refractivity contribution in [1.82, 2.24) is 5.32 Å². The van der Waals surface area contributed by atoms with Crippen molar-refractivity contribution in [1.29, 1.82) is 0 Å². The molecule has 1 N–H and O–H groups in total. The third kappa shape index (κ3) is 9.89. The fraction of sp³-hybridized carbons (Fsp3) is 0.833. The third-order valence-corrected chi connectivity index (χ3v) is 1.66. The standard InChI is InChI=1S/C12H23NO5/c1-6-17-10(14)8-16-7-9(2)13-11(15)18-12(3,4)5/h9H,6-8H2,1-5H3,(H,13,15)/t9-/m1/s1. The van der Waals surface area contributed by atoms with Crippen LogP contribution in [0.4, 0.5) is 4.79 Å². The summed E-state index contributed by atoms with van der Waals surface area (Å²) in [5.74, 6) is -0.415. The number of hydrogen-bond donors (Lipinski definition) is 1. The lowest BCUT2D eigenvalue weighted by Gasteiger charge is -2.21. The summed E-state index contributed by atoms with van der Waals surface area (Å²) >= 11 is 0. The summed E-state index contributed by atoms with van der Waals surface area (Å²) in [6, 6.07) is -0.241. The smallest absolute Gasteiger partial charge is 0.407 e. The lowest BCUT2D eigenvalue weighted by molar-refractivity contribution is -0.148. The normalized spacial score (nSPS) is 12.7. The van der Waals surface area contributed by atoms with Crippen LogP contribution in [0.25, 0.3) is 0 Å². The lowest BCUT2D eigenvalue weighted by Crippen LogP contribution is -2.40. The second-order valence-electron chi connectivity index (χ2n) is 4.87. The van der Waals surface area contributed by atoms with E-state index in [1.54, 1.807) is 34.6 Å². The first-order chi connectivity index (χ1) is 8.24. The molecule has 6 nitrogen and oxygen atoms in total. The summed E-state index contributed by atoms with van der Waals surface area (Å²) in [5, 5.41) is 2.60. The van der Waals surface area contributed by atoms with Gasteiger partial charge in [-0.1, -0.05) is 0 Å². The van der Waals surface area contributed by atoms with E-state index < -0.39 is 17.7 Å². The maximum absolute atomic E-state index is 11.4. The molecule has 0 aliphatic carbocycles. The highest BCUT2D eigenvalue weighted by molar-refractivity contribution is 5.70. The van der Waals surface area contributed by atoms with Gasteiger partial charge >= 0.3 is 12.1 Å². The highest BCUT2D eigenvalue weighted by Gasteiger charge is 2.17. The topological polar surface area (TPSA) is 73.9 Å². The molecule has 0 aromatic rings. The molecule has 106 valence electrons. The van der Waals surface area contributed by atoms with E-state index in [0.29, 0.717) is 6.61 Å². The first-order valence-corrected chi connectivity index (χ1v) is 5.97. The van der Waals surface area contributed by atoms with Gasteiger partial charge in [-0.15, -0.1) is 0 Å². The first-order valence-electron chi connectivity index (χ1n) is 5.97. The number of alkyl carbamates (subject to hydrolysis) is 1. The number of ether oxygens (including phenoxy) is 3. The van der Waals surface area contributed by atoms with Crippen LogP contribution in [-0.4, -0.2) is 43.5 Å². The highest BCUT2D eigenvalue weighted by atomic mass is 16.6. The Morgan fingerprint density at radius 2 is 1.89 bits per heavy atom. The molecule has 0 saturated heterocycles. The number of nitrogens with one attached hydrogen (secondary N) is 1. The Hall–Kier alpha value is -1.30. The minimum absolute atomic E-state index is 0.117. The van der Waals surface area contributed by atoms with E-state index in [1.807, 2.05) is 0 Å². The van der Waals surface area contributed by atoms with E-state index in [-0.39, 0.29) is 19.3 Å². The van der Waals surface area contributed by atoms with Crippen molar-refractivity contribution in [3.8, 4) is 0 Å². The van der Waals surface area contributed by atoms with Crippen LogP contribution in [-0.2, 0) is 19.0 Å². The Morgan fingerprint density at radius 1 is 1.28 bits per heavy atom. The molecule has 1 atom stereocenters. The van der Waals surface area contributed by atoms with Gasteiger partial charge in [0.25, 0.3) is 0 Å². The minimum atomic E-state index is -0.532. The van der Waals surface area contributed by atoms with Crippen LogP contribution in [0.3, 0.4) is 0 Å². The molecule has 0 aliphatic rings. The molecule has 0 fully saturated rings. The van der Waals surface area contributed by atoms with Crippen LogP contribution < -0.4 is 5.32 Å². The quantitative estimate of drug-likeness (QED) is 0.733. The van der Waals surface area contributed by atoms with E-state index in [2.05, 4.69) is 5.32 Å². The predicted octanol–water partition coefficient (Wildman–Crippen LogP) is 1.48. The summed E-state index contributed by atoms with van der Waals surface area (Å²) in [6.07, 6.45) is -0.505. The van der Waals surface area contributed by atoms with Crippen molar-refractivity contribution in [2.24, 2.45) is 0 Å². The van der Waals surface area contributed by atoms with Crippen molar-refractivity contribution in [3.63, 3.8) is 0 Å². The van der Waals surface area contributed by atoms with Gasteiger partial charge in [0.1, 0.15) is 12.2 Å². The highest BCUT2D eigenvalue weighted by Crippen LogP contribution is 2.06. The zero-order valence-corrected chi connectivity index (χ0v) is 11.7. The first kappa shape index (κ1) is 16.7. The molecule has 6 heteroatoms. The maximum atomic E-state index is 11.4. The Bertz CT molecular complexity index is 272. The molecule has 0 heterocycles. The van der Waals surface area contributed by atoms with Crippen molar-refractivity contribution in [2.45, 2.75) is 46.3 Å². The largest absolute Gasteiger partial charge is 0.464 e. The van der Waals surface area contributed by atoms with Crippen molar-refractivity contribution < 1.29 is 23.8 Å². The second-order valence-corrected chi connectivity index (χ2v) is 4.87. The SMILES string of the molecule is CCOC(=O)COC[C@@H](C)NC(=O)OC(C)(C)C. The molecule has 0 rings (SSSR count). The van der Waals surface area contributed by atoms with Gasteiger partial charge in [-0.05, 0) is 34.6 Å². The van der Waals surface area contributed by atoms with Gasteiger partial charge in [0.2, 0.25) is 0 Å². The molecule has 0 saturated carbocycles. The minimum Gasteiger partial charge on any atom is -0.464 e. The van der Waals surface area contributed by atoms with Gasteiger partial charge in [-0.25, -0.2) is 9.59 Å². The number of carbonyl (C=O) groups excluding carboxylic acids is 2. The number of amides is 1. The predicted molar refractivity (Wildman–Crippen MR) is 66.3 cm³/mol. The lowest BCUT2D eigenvalue weighted by atomic mass is 10.2. The summed E-state index contributed by atoms with van der Waals surface area (Å²) in [4.78, 5) is 22.4. The van der Waals surface area contributed by atoms with Gasteiger partial charge < -0.3 is 19.5 Å². The monoisotopic (exact) mass is 261 g/mol. The van der Waals surface area contributed by atoms with E-state index in [9.17, 15) is 9.59 Å². The summed E-state index contributed by atoms with van der Waals surface area (Å²) in [6.45, 7) is 9.28. The number of hydrogen-bond acceptors (Lipinski definition) is 5. The molecule has 0 radical (unpaired) electrons. The molecule has 0 aromatic heterocycles. The van der Waals surface area contributed by atoms with E-state index in [4.69, 9.17) is 14.2 Å². The van der Waals surface area contributed by atoms with E-state index >= 15 is 0 Å². The number of esters is 1. The molecule has 0 bridgehead atoms. The van der Waals surface area contributed by atoms with Crippen LogP contribution in [0.1, 0.15) is 34.6 Å². The summed E-state index contributed by atoms with van der Waals surface area (Å²) in [7, 11) is 0. The average molecular weight is 261 g/mol.